The van der Waals surface area contributed by atoms with Crippen molar-refractivity contribution in [3.63, 3.8) is 0 Å². The highest BCUT2D eigenvalue weighted by Gasteiger charge is 2.28. The number of hydrogen-bond acceptors (Lipinski definition) is 7. The van der Waals surface area contributed by atoms with Gasteiger partial charge in [-0.1, -0.05) is 6.07 Å². The van der Waals surface area contributed by atoms with E-state index in [4.69, 9.17) is 9.72 Å². The molecular weight excluding hydrogens is 490 g/mol. The summed E-state index contributed by atoms with van der Waals surface area (Å²) < 4.78 is 7.12. The number of anilines is 2. The number of amides is 1. The lowest BCUT2D eigenvalue weighted by atomic mass is 9.86. The average molecular weight is 526 g/mol. The molecule has 2 heterocycles. The maximum absolute atomic E-state index is 11.9. The third-order valence-electron chi connectivity index (χ3n) is 6.60. The molecule has 0 radical (unpaired) electrons. The van der Waals surface area contributed by atoms with Gasteiger partial charge in [0.25, 0.3) is 0 Å². The predicted molar refractivity (Wildman–Crippen MR) is 147 cm³/mol. The van der Waals surface area contributed by atoms with Gasteiger partial charge in [-0.15, -0.1) is 23.1 Å². The van der Waals surface area contributed by atoms with Gasteiger partial charge in [-0.25, -0.2) is 9.78 Å². The number of nitrogens with one attached hydrogen (secondary N) is 2. The molecule has 0 atom stereocenters. The van der Waals surface area contributed by atoms with Gasteiger partial charge in [-0.3, -0.25) is 4.68 Å². The first-order valence-electron chi connectivity index (χ1n) is 12.9. The molecule has 0 bridgehead atoms. The Morgan fingerprint density at radius 3 is 2.61 bits per heavy atom. The Labute approximate surface area is 221 Å². The van der Waals surface area contributed by atoms with Crippen molar-refractivity contribution in [2.45, 2.75) is 87.5 Å². The second-order valence-corrected chi connectivity index (χ2v) is 12.6. The standard InChI is InChI=1S/C27H35N5O2S2/c1-16(2)34-27(33)30-19-7-5-18(6-8-19)26-28-15-24(36-26)22-12-9-20(14-23(22)35-21-10-11-21)29-25-13-17(3)31-32(25)4/h9,12-16,18-19,21,29H,5-8,10-11H2,1-4H3,(H,30,33)/t18-,19-. The Balaban J connectivity index is 1.27. The van der Waals surface area contributed by atoms with E-state index in [2.05, 4.69) is 40.0 Å². The maximum atomic E-state index is 11.9. The number of carbonyl (C=O) groups excluding carboxylic acids is 1. The molecular formula is C27H35N5O2S2. The molecule has 36 heavy (non-hydrogen) atoms. The van der Waals surface area contributed by atoms with Crippen LogP contribution in [0.15, 0.2) is 35.4 Å². The number of thioether (sulfide) groups is 1. The first kappa shape index (κ1) is 25.1. The average Bonchev–Trinajstić information content (AvgIpc) is 3.40. The summed E-state index contributed by atoms with van der Waals surface area (Å²) in [6.45, 7) is 5.75. The number of carbonyl (C=O) groups is 1. The van der Waals surface area contributed by atoms with Crippen molar-refractivity contribution in [2.24, 2.45) is 7.05 Å². The minimum atomic E-state index is -0.304. The van der Waals surface area contributed by atoms with Crippen molar-refractivity contribution in [1.29, 1.82) is 0 Å². The lowest BCUT2D eigenvalue weighted by molar-refractivity contribution is 0.109. The van der Waals surface area contributed by atoms with Crippen molar-refractivity contribution >= 4 is 40.7 Å². The summed E-state index contributed by atoms with van der Waals surface area (Å²) in [7, 11) is 1.96. The van der Waals surface area contributed by atoms with Gasteiger partial charge in [0.15, 0.2) is 0 Å². The number of rotatable bonds is 8. The largest absolute Gasteiger partial charge is 0.447 e. The van der Waals surface area contributed by atoms with Gasteiger partial charge in [0.1, 0.15) is 5.82 Å². The first-order valence-corrected chi connectivity index (χ1v) is 14.6. The summed E-state index contributed by atoms with van der Waals surface area (Å²) in [5.74, 6) is 1.45. The van der Waals surface area contributed by atoms with Crippen LogP contribution in [0, 0.1) is 6.92 Å². The molecule has 2 fully saturated rings. The number of aromatic nitrogens is 3. The molecule has 2 aromatic heterocycles. The predicted octanol–water partition coefficient (Wildman–Crippen LogP) is 7.01. The molecule has 9 heteroatoms. The summed E-state index contributed by atoms with van der Waals surface area (Å²) >= 11 is 3.81. The van der Waals surface area contributed by atoms with Gasteiger partial charge >= 0.3 is 6.09 Å². The first-order chi connectivity index (χ1) is 17.3. The van der Waals surface area contributed by atoms with Crippen LogP contribution in [-0.4, -0.2) is 38.3 Å². The molecule has 2 N–H and O–H groups in total. The lowest BCUT2D eigenvalue weighted by Crippen LogP contribution is -2.38. The third-order valence-corrected chi connectivity index (χ3v) is 9.19. The van der Waals surface area contributed by atoms with E-state index in [0.717, 1.165) is 48.1 Å². The smallest absolute Gasteiger partial charge is 0.407 e. The monoisotopic (exact) mass is 525 g/mol. The number of benzene rings is 1. The van der Waals surface area contributed by atoms with Crippen molar-refractivity contribution in [3.8, 4) is 10.4 Å². The Morgan fingerprint density at radius 2 is 1.94 bits per heavy atom. The molecule has 0 spiro atoms. The second-order valence-electron chi connectivity index (χ2n) is 10.2. The zero-order chi connectivity index (χ0) is 25.2. The van der Waals surface area contributed by atoms with Crippen molar-refractivity contribution in [3.05, 3.63) is 41.2 Å². The number of nitrogens with zero attached hydrogens (tertiary/aromatic N) is 3. The molecule has 0 saturated heterocycles. The Hall–Kier alpha value is -2.52. The zero-order valence-electron chi connectivity index (χ0n) is 21.4. The summed E-state index contributed by atoms with van der Waals surface area (Å²) in [4.78, 5) is 19.3. The lowest BCUT2D eigenvalue weighted by Gasteiger charge is -2.28. The van der Waals surface area contributed by atoms with Gasteiger partial charge in [0, 0.05) is 52.7 Å². The van der Waals surface area contributed by atoms with Crippen LogP contribution in [-0.2, 0) is 11.8 Å². The van der Waals surface area contributed by atoms with E-state index >= 15 is 0 Å². The third kappa shape index (κ3) is 6.24. The van der Waals surface area contributed by atoms with Crippen LogP contribution in [0.1, 0.15) is 69.0 Å². The molecule has 1 aromatic carbocycles. The molecule has 7 nitrogen and oxygen atoms in total. The van der Waals surface area contributed by atoms with E-state index in [0.29, 0.717) is 5.92 Å². The van der Waals surface area contributed by atoms with Crippen LogP contribution in [0.25, 0.3) is 10.4 Å². The molecule has 192 valence electrons. The van der Waals surface area contributed by atoms with Crippen LogP contribution in [0.3, 0.4) is 0 Å². The highest BCUT2D eigenvalue weighted by Crippen LogP contribution is 2.46. The van der Waals surface area contributed by atoms with Gasteiger partial charge < -0.3 is 15.4 Å². The molecule has 2 aliphatic carbocycles. The fourth-order valence-electron chi connectivity index (χ4n) is 4.64. The summed E-state index contributed by atoms with van der Waals surface area (Å²) in [5.41, 5.74) is 3.35. The molecule has 3 aromatic rings. The number of alkyl carbamates (subject to hydrolysis) is 1. The van der Waals surface area contributed by atoms with E-state index < -0.39 is 0 Å². The summed E-state index contributed by atoms with van der Waals surface area (Å²) in [5, 5.41) is 12.9. The van der Waals surface area contributed by atoms with Crippen molar-refractivity contribution < 1.29 is 9.53 Å². The van der Waals surface area contributed by atoms with E-state index in [1.54, 1.807) is 0 Å². The Morgan fingerprint density at radius 1 is 1.17 bits per heavy atom. The topological polar surface area (TPSA) is 81.1 Å². The van der Waals surface area contributed by atoms with E-state index in [1.807, 2.05) is 61.8 Å². The minimum absolute atomic E-state index is 0.0951. The van der Waals surface area contributed by atoms with E-state index in [-0.39, 0.29) is 18.2 Å². The maximum Gasteiger partial charge on any atom is 0.407 e. The Bertz CT molecular complexity index is 1210. The van der Waals surface area contributed by atoms with Crippen molar-refractivity contribution in [1.82, 2.24) is 20.1 Å². The van der Waals surface area contributed by atoms with Crippen LogP contribution in [0.4, 0.5) is 16.3 Å². The van der Waals surface area contributed by atoms with Crippen LogP contribution in [0.5, 0.6) is 0 Å². The second kappa shape index (κ2) is 10.8. The summed E-state index contributed by atoms with van der Waals surface area (Å²) in [6, 6.07) is 8.91. The quantitative estimate of drug-likeness (QED) is 0.329. The molecule has 0 aliphatic heterocycles. The number of aryl methyl sites for hydroxylation is 2. The Kier molecular flexibility index (Phi) is 7.57. The van der Waals surface area contributed by atoms with Crippen LogP contribution < -0.4 is 10.6 Å². The fraction of sp³-hybridized carbons (Fsp3) is 0.519. The summed E-state index contributed by atoms with van der Waals surface area (Å²) in [6.07, 6.45) is 8.23. The van der Waals surface area contributed by atoms with Gasteiger partial charge in [0.2, 0.25) is 0 Å². The minimum Gasteiger partial charge on any atom is -0.447 e. The number of ether oxygens (including phenoxy) is 1. The van der Waals surface area contributed by atoms with Gasteiger partial charge in [0.05, 0.1) is 21.7 Å². The number of hydrogen-bond donors (Lipinski definition) is 2. The fourth-order valence-corrected chi connectivity index (χ4v) is 7.06. The molecule has 0 unspecified atom stereocenters. The molecule has 5 rings (SSSR count). The highest BCUT2D eigenvalue weighted by molar-refractivity contribution is 8.00. The zero-order valence-corrected chi connectivity index (χ0v) is 23.0. The van der Waals surface area contributed by atoms with Crippen molar-refractivity contribution in [2.75, 3.05) is 5.32 Å². The number of thiazole rings is 1. The van der Waals surface area contributed by atoms with Gasteiger partial charge in [-0.05, 0) is 71.4 Å². The van der Waals surface area contributed by atoms with Gasteiger partial charge in [-0.2, -0.15) is 5.10 Å². The molecule has 1 amide bonds. The highest BCUT2D eigenvalue weighted by atomic mass is 32.2. The molecule has 2 saturated carbocycles. The normalized spacial score (nSPS) is 19.9. The van der Waals surface area contributed by atoms with Crippen LogP contribution >= 0.6 is 23.1 Å². The SMILES string of the molecule is Cc1cc(Nc2ccc(-c3cnc([C@H]4CC[C@H](NC(=O)OC(C)C)CC4)s3)c(SC3CC3)c2)n(C)n1. The van der Waals surface area contributed by atoms with E-state index in [1.165, 1.54) is 33.2 Å². The van der Waals surface area contributed by atoms with E-state index in [9.17, 15) is 4.79 Å². The molecule has 2 aliphatic rings. The van der Waals surface area contributed by atoms with Crippen LogP contribution in [0.2, 0.25) is 0 Å².